The highest BCUT2D eigenvalue weighted by atomic mass is 19.1. The van der Waals surface area contributed by atoms with Crippen LogP contribution in [0, 0.1) is 5.92 Å². The molecule has 0 fully saturated rings. The molecule has 3 rings (SSSR count). The summed E-state index contributed by atoms with van der Waals surface area (Å²) < 4.78 is 19.8. The highest BCUT2D eigenvalue weighted by Gasteiger charge is 2.35. The maximum atomic E-state index is 13.1. The lowest BCUT2D eigenvalue weighted by Gasteiger charge is -2.32. The standard InChI is InChI=1S/C21H27FN4O5/c1-3-5-11(6-4-7-22)8-12-9-25-15-16-18(12)31-13(19(23)28)10-26(16)21(30)14(17(15)27)20(29)24-2/h4-6,12-13,20,24,27,29H,3,7-10H2,1-2H3,(H2,23,28)/b6-4-,11-5+. The molecule has 1 aromatic heterocycles. The number of allylic oxidation sites excluding steroid dienone is 4. The van der Waals surface area contributed by atoms with Crippen molar-refractivity contribution in [3.05, 3.63) is 50.4 Å². The summed E-state index contributed by atoms with van der Waals surface area (Å²) in [6.07, 6.45) is 3.71. The predicted molar refractivity (Wildman–Crippen MR) is 111 cm³/mol. The third-order valence-corrected chi connectivity index (χ3v) is 5.37. The van der Waals surface area contributed by atoms with Crippen molar-refractivity contribution in [1.29, 1.82) is 0 Å². The van der Waals surface area contributed by atoms with E-state index < -0.39 is 36.2 Å². The lowest BCUT2D eigenvalue weighted by Crippen LogP contribution is -2.56. The SMILES string of the molecule is CC/C=C(\C=C/CF)CC1CN=c2c(O)c(C(O)NC)c(=O)n3c2=C1OC(C(N)=O)C3. The van der Waals surface area contributed by atoms with Gasteiger partial charge in [-0.2, -0.15) is 0 Å². The summed E-state index contributed by atoms with van der Waals surface area (Å²) >= 11 is 0. The van der Waals surface area contributed by atoms with Gasteiger partial charge in [-0.25, -0.2) is 4.39 Å². The van der Waals surface area contributed by atoms with Gasteiger partial charge in [-0.3, -0.25) is 24.5 Å². The van der Waals surface area contributed by atoms with E-state index >= 15 is 0 Å². The second-order valence-corrected chi connectivity index (χ2v) is 7.43. The molecule has 9 nitrogen and oxygen atoms in total. The quantitative estimate of drug-likeness (QED) is 0.314. The van der Waals surface area contributed by atoms with E-state index in [-0.39, 0.29) is 35.3 Å². The molecular weight excluding hydrogens is 407 g/mol. The van der Waals surface area contributed by atoms with E-state index in [1.54, 1.807) is 6.08 Å². The lowest BCUT2D eigenvalue weighted by atomic mass is 9.93. The third kappa shape index (κ3) is 4.26. The van der Waals surface area contributed by atoms with Gasteiger partial charge in [0.25, 0.3) is 11.5 Å². The van der Waals surface area contributed by atoms with E-state index in [0.717, 1.165) is 12.0 Å². The number of nitrogens with one attached hydrogen (secondary N) is 1. The van der Waals surface area contributed by atoms with Crippen LogP contribution in [-0.2, 0) is 16.1 Å². The van der Waals surface area contributed by atoms with Crippen molar-refractivity contribution in [3.63, 3.8) is 0 Å². The van der Waals surface area contributed by atoms with Gasteiger partial charge in [0.15, 0.2) is 11.9 Å². The molecule has 10 heteroatoms. The summed E-state index contributed by atoms with van der Waals surface area (Å²) in [7, 11) is 1.44. The minimum atomic E-state index is -1.42. The molecule has 2 aliphatic rings. The van der Waals surface area contributed by atoms with Crippen LogP contribution in [0.2, 0.25) is 0 Å². The van der Waals surface area contributed by atoms with E-state index in [1.165, 1.54) is 17.7 Å². The molecule has 0 radical (unpaired) electrons. The summed E-state index contributed by atoms with van der Waals surface area (Å²) in [5, 5.41) is 23.8. The number of nitrogens with zero attached hydrogens (tertiary/aromatic N) is 2. The number of rotatable bonds is 8. The Hall–Kier alpha value is -2.98. The number of ether oxygens (including phenoxy) is 1. The number of carbonyl (C=O) groups excluding carboxylic acids is 1. The Bertz CT molecular complexity index is 1110. The smallest absolute Gasteiger partial charge is 0.262 e. The number of amides is 1. The number of aromatic hydroxyl groups is 1. The first-order chi connectivity index (χ1) is 14.8. The molecule has 0 bridgehead atoms. The van der Waals surface area contributed by atoms with E-state index in [1.807, 2.05) is 13.0 Å². The molecule has 3 heterocycles. The number of halogens is 1. The van der Waals surface area contributed by atoms with Crippen molar-refractivity contribution < 1.29 is 24.1 Å². The Morgan fingerprint density at radius 2 is 2.26 bits per heavy atom. The average molecular weight is 434 g/mol. The molecule has 0 spiro atoms. The Kier molecular flexibility index (Phi) is 6.91. The second kappa shape index (κ2) is 9.44. The van der Waals surface area contributed by atoms with Crippen LogP contribution >= 0.6 is 0 Å². The van der Waals surface area contributed by atoms with Gasteiger partial charge in [-0.15, -0.1) is 0 Å². The fraction of sp³-hybridized carbons (Fsp3) is 0.476. The monoisotopic (exact) mass is 434 g/mol. The Labute approximate surface area is 178 Å². The highest BCUT2D eigenvalue weighted by Crippen LogP contribution is 2.28. The first-order valence-electron chi connectivity index (χ1n) is 10.1. The molecule has 168 valence electrons. The third-order valence-electron chi connectivity index (χ3n) is 5.37. The summed E-state index contributed by atoms with van der Waals surface area (Å²) in [6.45, 7) is 1.41. The maximum Gasteiger partial charge on any atom is 0.262 e. The zero-order chi connectivity index (χ0) is 22.7. The Morgan fingerprint density at radius 3 is 2.87 bits per heavy atom. The number of pyridine rings is 1. The van der Waals surface area contributed by atoms with Crippen molar-refractivity contribution >= 4 is 11.7 Å². The van der Waals surface area contributed by atoms with Crippen LogP contribution < -0.4 is 27.3 Å². The number of aromatic nitrogens is 1. The van der Waals surface area contributed by atoms with Gasteiger partial charge in [-0.1, -0.05) is 30.7 Å². The van der Waals surface area contributed by atoms with E-state index in [9.17, 15) is 24.2 Å². The number of nitrogens with two attached hydrogens (primary N) is 1. The molecule has 5 N–H and O–H groups in total. The molecule has 0 saturated heterocycles. The lowest BCUT2D eigenvalue weighted by molar-refractivity contribution is -0.127. The highest BCUT2D eigenvalue weighted by molar-refractivity contribution is 5.79. The number of aliphatic hydroxyl groups excluding tert-OH is 1. The van der Waals surface area contributed by atoms with Crippen molar-refractivity contribution in [3.8, 4) is 5.75 Å². The number of hydrogen-bond donors (Lipinski definition) is 4. The molecule has 1 amide bonds. The first kappa shape index (κ1) is 22.7. The van der Waals surface area contributed by atoms with Crippen molar-refractivity contribution in [1.82, 2.24) is 9.88 Å². The number of primary amides is 1. The molecule has 3 atom stereocenters. The molecule has 31 heavy (non-hydrogen) atoms. The number of hydrogen-bond acceptors (Lipinski definition) is 7. The topological polar surface area (TPSA) is 139 Å². The molecule has 0 saturated carbocycles. The van der Waals surface area contributed by atoms with Crippen LogP contribution in [-0.4, -0.2) is 47.1 Å². The van der Waals surface area contributed by atoms with E-state index in [0.29, 0.717) is 12.2 Å². The number of alkyl halides is 1. The first-order valence-corrected chi connectivity index (χ1v) is 10.1. The molecule has 0 aromatic carbocycles. The summed E-state index contributed by atoms with van der Waals surface area (Å²) in [6, 6.07) is 0. The summed E-state index contributed by atoms with van der Waals surface area (Å²) in [5.41, 5.74) is 5.41. The van der Waals surface area contributed by atoms with Crippen LogP contribution in [0.1, 0.15) is 31.6 Å². The van der Waals surface area contributed by atoms with Gasteiger partial charge < -0.3 is 20.7 Å². The van der Waals surface area contributed by atoms with Crippen LogP contribution in [0.5, 0.6) is 5.75 Å². The van der Waals surface area contributed by atoms with Crippen molar-refractivity contribution in [2.24, 2.45) is 16.6 Å². The second-order valence-electron chi connectivity index (χ2n) is 7.43. The largest absolute Gasteiger partial charge is 0.505 e. The van der Waals surface area contributed by atoms with E-state index in [4.69, 9.17) is 10.5 Å². The molecule has 0 aliphatic carbocycles. The fourth-order valence-electron chi connectivity index (χ4n) is 3.93. The fourth-order valence-corrected chi connectivity index (χ4v) is 3.93. The number of carbonyl (C=O) groups is 1. The van der Waals surface area contributed by atoms with Gasteiger partial charge in [0.1, 0.15) is 34.9 Å². The Balaban J connectivity index is 2.23. The summed E-state index contributed by atoms with van der Waals surface area (Å²) in [4.78, 5) is 29.5. The predicted octanol–water partition coefficient (Wildman–Crippen LogP) is -0.742. The Morgan fingerprint density at radius 1 is 1.52 bits per heavy atom. The van der Waals surface area contributed by atoms with Gasteiger partial charge >= 0.3 is 0 Å². The molecule has 2 aliphatic heterocycles. The minimum Gasteiger partial charge on any atom is -0.505 e. The number of aliphatic hydroxyl groups is 1. The van der Waals surface area contributed by atoms with Gasteiger partial charge in [-0.05, 0) is 19.9 Å². The van der Waals surface area contributed by atoms with Crippen LogP contribution in [0.25, 0.3) is 5.76 Å². The van der Waals surface area contributed by atoms with E-state index in [2.05, 4.69) is 10.3 Å². The van der Waals surface area contributed by atoms with Crippen LogP contribution in [0.3, 0.4) is 0 Å². The summed E-state index contributed by atoms with van der Waals surface area (Å²) in [5.74, 6) is -1.19. The minimum absolute atomic E-state index is 0.124. The zero-order valence-corrected chi connectivity index (χ0v) is 17.5. The van der Waals surface area contributed by atoms with Crippen molar-refractivity contribution in [2.75, 3.05) is 20.3 Å². The van der Waals surface area contributed by atoms with Gasteiger partial charge in [0, 0.05) is 5.92 Å². The van der Waals surface area contributed by atoms with Crippen LogP contribution in [0.15, 0.2) is 33.6 Å². The van der Waals surface area contributed by atoms with Gasteiger partial charge in [0.2, 0.25) is 0 Å². The van der Waals surface area contributed by atoms with Gasteiger partial charge in [0.05, 0.1) is 13.1 Å². The van der Waals surface area contributed by atoms with Crippen LogP contribution in [0.4, 0.5) is 4.39 Å². The normalized spacial score (nSPS) is 21.4. The zero-order valence-electron chi connectivity index (χ0n) is 17.5. The average Bonchev–Trinajstić information content (AvgIpc) is 2.75. The maximum absolute atomic E-state index is 13.1. The van der Waals surface area contributed by atoms with Crippen molar-refractivity contribution in [2.45, 2.75) is 38.6 Å². The molecule has 3 unspecified atom stereocenters. The molecular formula is C21H27FN4O5. The molecule has 1 aromatic rings.